The molecule has 0 aromatic carbocycles. The second-order valence-electron chi connectivity index (χ2n) is 1.78. The fraction of sp³-hybridized carbons (Fsp3) is 0.375. The van der Waals surface area contributed by atoms with Gasteiger partial charge in [0.15, 0.2) is 0 Å². The molecule has 0 heterocycles. The van der Waals surface area contributed by atoms with Gasteiger partial charge in [0.25, 0.3) is 0 Å². The van der Waals surface area contributed by atoms with Crippen molar-refractivity contribution in [3.8, 4) is 0 Å². The zero-order chi connectivity index (χ0) is 8.53. The minimum atomic E-state index is 0.0761. The van der Waals surface area contributed by atoms with Crippen LogP contribution in [0.25, 0.3) is 0 Å². The molecule has 1 N–H and O–H groups in total. The number of hydrogen-bond donors (Lipinski definition) is 1. The average molecular weight is 155 g/mol. The van der Waals surface area contributed by atoms with Crippen LogP contribution in [0.2, 0.25) is 0 Å². The zero-order valence-electron chi connectivity index (χ0n) is 6.51. The Morgan fingerprint density at radius 3 is 2.64 bits per heavy atom. The van der Waals surface area contributed by atoms with Gasteiger partial charge in [-0.3, -0.25) is 5.41 Å². The largest absolute Gasteiger partial charge is 0.476 e. The minimum absolute atomic E-state index is 0.0761. The van der Waals surface area contributed by atoms with E-state index >= 15 is 0 Å². The summed E-state index contributed by atoms with van der Waals surface area (Å²) in [6.07, 6.45) is 3.01. The number of rotatable bonds is 6. The maximum Gasteiger partial charge on any atom is 0.205 e. The van der Waals surface area contributed by atoms with E-state index in [0.717, 1.165) is 0 Å². The molecule has 0 rings (SSSR count). The summed E-state index contributed by atoms with van der Waals surface area (Å²) in [6.45, 7) is 8.24. The Morgan fingerprint density at radius 2 is 2.09 bits per heavy atom. The van der Waals surface area contributed by atoms with E-state index in [1.54, 1.807) is 6.08 Å². The van der Waals surface area contributed by atoms with E-state index in [1.165, 1.54) is 6.08 Å². The molecule has 0 radical (unpaired) electrons. The lowest BCUT2D eigenvalue weighted by Gasteiger charge is -2.02. The smallest absolute Gasteiger partial charge is 0.205 e. The minimum Gasteiger partial charge on any atom is -0.476 e. The second kappa shape index (κ2) is 7.02. The van der Waals surface area contributed by atoms with Crippen LogP contribution < -0.4 is 0 Å². The molecule has 0 bridgehead atoms. The van der Waals surface area contributed by atoms with E-state index in [4.69, 9.17) is 14.9 Å². The highest BCUT2D eigenvalue weighted by molar-refractivity contribution is 5.83. The van der Waals surface area contributed by atoms with Crippen LogP contribution in [0.3, 0.4) is 0 Å². The lowest BCUT2D eigenvalue weighted by Crippen LogP contribution is -2.07. The van der Waals surface area contributed by atoms with Gasteiger partial charge in [-0.15, -0.1) is 6.58 Å². The van der Waals surface area contributed by atoms with E-state index in [2.05, 4.69) is 13.2 Å². The summed E-state index contributed by atoms with van der Waals surface area (Å²) in [5.74, 6) is 0.0761. The molecule has 0 spiro atoms. The summed E-state index contributed by atoms with van der Waals surface area (Å²) in [5.41, 5.74) is 0. The topological polar surface area (TPSA) is 42.3 Å². The number of nitrogens with one attached hydrogen (secondary N) is 1. The third-order valence-corrected chi connectivity index (χ3v) is 0.906. The Hall–Kier alpha value is -1.09. The summed E-state index contributed by atoms with van der Waals surface area (Å²) >= 11 is 0. The van der Waals surface area contributed by atoms with E-state index in [9.17, 15) is 0 Å². The average Bonchev–Trinajstić information content (AvgIpc) is 2.04. The molecule has 0 aliphatic heterocycles. The predicted molar refractivity (Wildman–Crippen MR) is 44.9 cm³/mol. The van der Waals surface area contributed by atoms with Gasteiger partial charge < -0.3 is 9.47 Å². The normalized spacial score (nSPS) is 8.73. The van der Waals surface area contributed by atoms with Crippen molar-refractivity contribution >= 4 is 5.90 Å². The molecule has 0 aliphatic carbocycles. The van der Waals surface area contributed by atoms with Crippen molar-refractivity contribution in [2.45, 2.75) is 0 Å². The van der Waals surface area contributed by atoms with Gasteiger partial charge in [-0.1, -0.05) is 12.7 Å². The lowest BCUT2D eigenvalue weighted by molar-refractivity contribution is 0.117. The Kier molecular flexibility index (Phi) is 6.33. The number of ether oxygens (including phenoxy) is 2. The Morgan fingerprint density at radius 1 is 1.36 bits per heavy atom. The SMILES string of the molecule is C=CCOCCOC(=N)C=C. The van der Waals surface area contributed by atoms with Crippen molar-refractivity contribution in [3.05, 3.63) is 25.3 Å². The number of hydrogen-bond acceptors (Lipinski definition) is 3. The van der Waals surface area contributed by atoms with Crippen LogP contribution in [0.5, 0.6) is 0 Å². The molecule has 0 unspecified atom stereocenters. The summed E-state index contributed by atoms with van der Waals surface area (Å²) in [5, 5.41) is 7.00. The van der Waals surface area contributed by atoms with Gasteiger partial charge in [0.05, 0.1) is 13.2 Å². The van der Waals surface area contributed by atoms with Crippen molar-refractivity contribution in [1.82, 2.24) is 0 Å². The van der Waals surface area contributed by atoms with Crippen molar-refractivity contribution < 1.29 is 9.47 Å². The molecule has 3 nitrogen and oxygen atoms in total. The second-order valence-corrected chi connectivity index (χ2v) is 1.78. The van der Waals surface area contributed by atoms with Crippen LogP contribution >= 0.6 is 0 Å². The monoisotopic (exact) mass is 155 g/mol. The Bertz CT molecular complexity index is 143. The van der Waals surface area contributed by atoms with E-state index in [1.807, 2.05) is 0 Å². The Balaban J connectivity index is 3.07. The predicted octanol–water partition coefficient (Wildman–Crippen LogP) is 1.37. The van der Waals surface area contributed by atoms with Crippen molar-refractivity contribution in [1.29, 1.82) is 5.41 Å². The highest BCUT2D eigenvalue weighted by Crippen LogP contribution is 1.81. The first kappa shape index (κ1) is 9.91. The quantitative estimate of drug-likeness (QED) is 0.272. The summed E-state index contributed by atoms with van der Waals surface area (Å²) < 4.78 is 9.85. The standard InChI is InChI=1S/C8H13NO2/c1-3-5-10-6-7-11-8(9)4-2/h3-4,9H,1-2,5-7H2. The molecule has 0 aromatic heterocycles. The first-order valence-electron chi connectivity index (χ1n) is 3.33. The highest BCUT2D eigenvalue weighted by atomic mass is 16.5. The third kappa shape index (κ3) is 6.80. The summed E-state index contributed by atoms with van der Waals surface area (Å²) in [6, 6.07) is 0. The van der Waals surface area contributed by atoms with Gasteiger partial charge in [0, 0.05) is 0 Å². The summed E-state index contributed by atoms with van der Waals surface area (Å²) in [4.78, 5) is 0. The van der Waals surface area contributed by atoms with Crippen molar-refractivity contribution in [2.24, 2.45) is 0 Å². The van der Waals surface area contributed by atoms with Crippen molar-refractivity contribution in [2.75, 3.05) is 19.8 Å². The molecule has 62 valence electrons. The fourth-order valence-electron chi connectivity index (χ4n) is 0.436. The lowest BCUT2D eigenvalue weighted by atomic mass is 10.6. The molecule has 0 amide bonds. The molecule has 0 saturated carbocycles. The van der Waals surface area contributed by atoms with Gasteiger partial charge in [-0.05, 0) is 6.08 Å². The maximum absolute atomic E-state index is 7.00. The van der Waals surface area contributed by atoms with Crippen LogP contribution in [0.4, 0.5) is 0 Å². The summed E-state index contributed by atoms with van der Waals surface area (Å²) in [7, 11) is 0. The first-order valence-corrected chi connectivity index (χ1v) is 3.33. The molecule has 3 heteroatoms. The molecule has 0 atom stereocenters. The third-order valence-electron chi connectivity index (χ3n) is 0.906. The first-order chi connectivity index (χ1) is 5.31. The fourth-order valence-corrected chi connectivity index (χ4v) is 0.436. The van der Waals surface area contributed by atoms with Crippen LogP contribution in [-0.2, 0) is 9.47 Å². The van der Waals surface area contributed by atoms with Gasteiger partial charge in [-0.2, -0.15) is 0 Å². The van der Waals surface area contributed by atoms with Gasteiger partial charge in [-0.25, -0.2) is 0 Å². The van der Waals surface area contributed by atoms with Crippen LogP contribution in [0, 0.1) is 5.41 Å². The van der Waals surface area contributed by atoms with Gasteiger partial charge in [0.2, 0.25) is 5.90 Å². The molecular weight excluding hydrogens is 142 g/mol. The maximum atomic E-state index is 7.00. The van der Waals surface area contributed by atoms with Crippen molar-refractivity contribution in [3.63, 3.8) is 0 Å². The van der Waals surface area contributed by atoms with E-state index < -0.39 is 0 Å². The molecule has 0 aromatic rings. The molecule has 0 aliphatic rings. The zero-order valence-corrected chi connectivity index (χ0v) is 6.51. The highest BCUT2D eigenvalue weighted by Gasteiger charge is 1.89. The van der Waals surface area contributed by atoms with Gasteiger partial charge >= 0.3 is 0 Å². The molecule has 11 heavy (non-hydrogen) atoms. The molecular formula is C8H13NO2. The van der Waals surface area contributed by atoms with Crippen LogP contribution in [0.1, 0.15) is 0 Å². The van der Waals surface area contributed by atoms with Crippen LogP contribution in [0.15, 0.2) is 25.3 Å². The molecule has 0 fully saturated rings. The Labute approximate surface area is 66.8 Å². The van der Waals surface area contributed by atoms with Gasteiger partial charge in [0.1, 0.15) is 6.61 Å². The van der Waals surface area contributed by atoms with E-state index in [-0.39, 0.29) is 5.90 Å². The van der Waals surface area contributed by atoms with E-state index in [0.29, 0.717) is 19.8 Å². The molecule has 0 saturated heterocycles. The van der Waals surface area contributed by atoms with Crippen LogP contribution in [-0.4, -0.2) is 25.7 Å².